The number of carboxylic acid groups (broad SMARTS) is 1. The maximum atomic E-state index is 10.9. The van der Waals surface area contributed by atoms with Gasteiger partial charge in [0.25, 0.3) is 0 Å². The predicted octanol–water partition coefficient (Wildman–Crippen LogP) is 2.52. The molecule has 4 heteroatoms. The Morgan fingerprint density at radius 2 is 2.00 bits per heavy atom. The minimum atomic E-state index is -1.39. The lowest BCUT2D eigenvalue weighted by Crippen LogP contribution is -2.39. The van der Waals surface area contributed by atoms with Crippen molar-refractivity contribution >= 4 is 14.0 Å². The molecule has 1 aromatic rings. The molecule has 2 N–H and O–H groups in total. The Morgan fingerprint density at radius 1 is 1.38 bits per heavy atom. The Bertz CT molecular complexity index is 385. The van der Waals surface area contributed by atoms with E-state index in [9.17, 15) is 4.79 Å². The molecule has 0 amide bonds. The molecule has 0 aliphatic heterocycles. The highest BCUT2D eigenvalue weighted by molar-refractivity contribution is 6.77. The second-order valence-corrected chi connectivity index (χ2v) is 10.3. The van der Waals surface area contributed by atoms with E-state index in [1.807, 2.05) is 19.2 Å². The number of rotatable bonds is 4. The summed E-state index contributed by atoms with van der Waals surface area (Å²) in [6.45, 7) is 6.80. The standard InChI is InChI=1S/C12H19NO2Si/c1-13-11(16(2,3)4)9-6-5-7-10(8-9)12(14)15/h5-8,11,13H,1-4H3,(H,14,15). The highest BCUT2D eigenvalue weighted by atomic mass is 28.3. The van der Waals surface area contributed by atoms with Crippen molar-refractivity contribution in [1.29, 1.82) is 0 Å². The lowest BCUT2D eigenvalue weighted by atomic mass is 10.1. The van der Waals surface area contributed by atoms with Gasteiger partial charge in [-0.1, -0.05) is 31.8 Å². The Hall–Kier alpha value is -1.13. The van der Waals surface area contributed by atoms with E-state index in [0.29, 0.717) is 5.56 Å². The van der Waals surface area contributed by atoms with Crippen molar-refractivity contribution < 1.29 is 9.90 Å². The molecule has 0 aliphatic carbocycles. The van der Waals surface area contributed by atoms with Crippen LogP contribution in [0.5, 0.6) is 0 Å². The number of carbonyl (C=O) groups is 1. The smallest absolute Gasteiger partial charge is 0.335 e. The largest absolute Gasteiger partial charge is 0.478 e. The summed E-state index contributed by atoms with van der Waals surface area (Å²) in [7, 11) is 0.538. The molecule has 1 rings (SSSR count). The fourth-order valence-corrected chi connectivity index (χ4v) is 4.00. The van der Waals surface area contributed by atoms with Gasteiger partial charge in [-0.15, -0.1) is 0 Å². The predicted molar refractivity (Wildman–Crippen MR) is 68.5 cm³/mol. The normalized spacial score (nSPS) is 13.5. The first-order chi connectivity index (χ1) is 7.36. The van der Waals surface area contributed by atoms with Gasteiger partial charge in [0, 0.05) is 5.67 Å². The Labute approximate surface area is 97.5 Å². The minimum Gasteiger partial charge on any atom is -0.478 e. The molecule has 0 radical (unpaired) electrons. The lowest BCUT2D eigenvalue weighted by molar-refractivity contribution is 0.0696. The fourth-order valence-electron chi connectivity index (χ4n) is 1.95. The Morgan fingerprint density at radius 3 is 2.44 bits per heavy atom. The van der Waals surface area contributed by atoms with Crippen LogP contribution < -0.4 is 5.32 Å². The molecule has 16 heavy (non-hydrogen) atoms. The van der Waals surface area contributed by atoms with E-state index in [2.05, 4.69) is 25.0 Å². The van der Waals surface area contributed by atoms with E-state index in [4.69, 9.17) is 5.11 Å². The summed E-state index contributed by atoms with van der Waals surface area (Å²) in [5.41, 5.74) is 1.71. The number of carboxylic acids is 1. The Kier molecular flexibility index (Phi) is 3.88. The van der Waals surface area contributed by atoms with Crippen molar-refractivity contribution in [3.05, 3.63) is 35.4 Å². The lowest BCUT2D eigenvalue weighted by Gasteiger charge is -2.29. The van der Waals surface area contributed by atoms with Crippen molar-refractivity contribution in [3.8, 4) is 0 Å². The molecule has 0 saturated heterocycles. The maximum Gasteiger partial charge on any atom is 0.335 e. The quantitative estimate of drug-likeness (QED) is 0.791. The molecule has 0 aliphatic rings. The second kappa shape index (κ2) is 4.80. The third-order valence-electron chi connectivity index (χ3n) is 2.62. The van der Waals surface area contributed by atoms with Gasteiger partial charge in [-0.05, 0) is 24.7 Å². The topological polar surface area (TPSA) is 49.3 Å². The summed E-state index contributed by atoms with van der Waals surface area (Å²) < 4.78 is 0. The number of hydrogen-bond acceptors (Lipinski definition) is 2. The zero-order valence-corrected chi connectivity index (χ0v) is 11.2. The summed E-state index contributed by atoms with van der Waals surface area (Å²) in [5.74, 6) is -0.868. The molecule has 1 atom stereocenters. The van der Waals surface area contributed by atoms with E-state index in [-0.39, 0.29) is 5.67 Å². The number of hydrogen-bond donors (Lipinski definition) is 2. The number of benzene rings is 1. The van der Waals surface area contributed by atoms with Gasteiger partial charge in [0.15, 0.2) is 0 Å². The van der Waals surface area contributed by atoms with Crippen LogP contribution in [0.1, 0.15) is 21.6 Å². The fraction of sp³-hybridized carbons (Fsp3) is 0.417. The van der Waals surface area contributed by atoms with Gasteiger partial charge in [-0.2, -0.15) is 0 Å². The maximum absolute atomic E-state index is 10.9. The van der Waals surface area contributed by atoms with E-state index < -0.39 is 14.0 Å². The van der Waals surface area contributed by atoms with Crippen molar-refractivity contribution in [3.63, 3.8) is 0 Å². The SMILES string of the molecule is CNC(c1cccc(C(=O)O)c1)[Si](C)(C)C. The zero-order valence-electron chi connectivity index (χ0n) is 10.2. The molecule has 88 valence electrons. The van der Waals surface area contributed by atoms with Crippen LogP contribution in [0, 0.1) is 0 Å². The van der Waals surface area contributed by atoms with Crippen LogP contribution in [-0.4, -0.2) is 26.2 Å². The summed E-state index contributed by atoms with van der Waals surface area (Å²) >= 11 is 0. The van der Waals surface area contributed by atoms with Crippen LogP contribution in [0.15, 0.2) is 24.3 Å². The molecule has 0 aromatic heterocycles. The molecule has 3 nitrogen and oxygen atoms in total. The van der Waals surface area contributed by atoms with Crippen molar-refractivity contribution in [1.82, 2.24) is 5.32 Å². The second-order valence-electron chi connectivity index (χ2n) is 5.02. The molecule has 1 aromatic carbocycles. The molecule has 0 fully saturated rings. The summed E-state index contributed by atoms with van der Waals surface area (Å²) in [6.07, 6.45) is 0. The van der Waals surface area contributed by atoms with Gasteiger partial charge in [0.1, 0.15) is 0 Å². The van der Waals surface area contributed by atoms with Gasteiger partial charge in [-0.25, -0.2) is 4.79 Å². The molecule has 1 unspecified atom stereocenters. The molecule has 0 saturated carbocycles. The highest BCUT2D eigenvalue weighted by Crippen LogP contribution is 2.24. The Balaban J connectivity index is 3.11. The minimum absolute atomic E-state index is 0.284. The first-order valence-electron chi connectivity index (χ1n) is 5.37. The molecule has 0 spiro atoms. The summed E-state index contributed by atoms with van der Waals surface area (Å²) in [6, 6.07) is 7.19. The zero-order chi connectivity index (χ0) is 12.3. The number of nitrogens with one attached hydrogen (secondary N) is 1. The first kappa shape index (κ1) is 12.9. The van der Waals surface area contributed by atoms with Crippen LogP contribution in [0.2, 0.25) is 19.6 Å². The third kappa shape index (κ3) is 2.93. The number of aromatic carboxylic acids is 1. The first-order valence-corrected chi connectivity index (χ1v) is 8.94. The van der Waals surface area contributed by atoms with Crippen molar-refractivity contribution in [2.75, 3.05) is 7.05 Å². The van der Waals surface area contributed by atoms with E-state index in [1.54, 1.807) is 12.1 Å². The average molecular weight is 237 g/mol. The van der Waals surface area contributed by atoms with Gasteiger partial charge in [0.05, 0.1) is 13.6 Å². The third-order valence-corrected chi connectivity index (χ3v) is 4.98. The summed E-state index contributed by atoms with van der Waals surface area (Å²) in [5, 5.41) is 12.3. The van der Waals surface area contributed by atoms with Gasteiger partial charge >= 0.3 is 5.97 Å². The van der Waals surface area contributed by atoms with Crippen molar-refractivity contribution in [2.45, 2.75) is 25.3 Å². The molecule has 0 heterocycles. The van der Waals surface area contributed by atoms with Crippen LogP contribution >= 0.6 is 0 Å². The highest BCUT2D eigenvalue weighted by Gasteiger charge is 2.27. The molecular formula is C12H19NO2Si. The van der Waals surface area contributed by atoms with Crippen LogP contribution in [0.25, 0.3) is 0 Å². The molecule has 0 bridgehead atoms. The van der Waals surface area contributed by atoms with Gasteiger partial charge in [0.2, 0.25) is 0 Å². The monoisotopic (exact) mass is 237 g/mol. The summed E-state index contributed by atoms with van der Waals surface area (Å²) in [4.78, 5) is 10.9. The van der Waals surface area contributed by atoms with E-state index in [1.165, 1.54) is 0 Å². The average Bonchev–Trinajstić information content (AvgIpc) is 2.17. The van der Waals surface area contributed by atoms with Gasteiger partial charge < -0.3 is 10.4 Å². The van der Waals surface area contributed by atoms with Crippen LogP contribution in [-0.2, 0) is 0 Å². The van der Waals surface area contributed by atoms with Crippen LogP contribution in [0.4, 0.5) is 0 Å². The van der Waals surface area contributed by atoms with E-state index in [0.717, 1.165) is 5.56 Å². The van der Waals surface area contributed by atoms with E-state index >= 15 is 0 Å². The molecular weight excluding hydrogens is 218 g/mol. The van der Waals surface area contributed by atoms with Crippen molar-refractivity contribution in [2.24, 2.45) is 0 Å². The van der Waals surface area contributed by atoms with Crippen LogP contribution in [0.3, 0.4) is 0 Å². The van der Waals surface area contributed by atoms with Gasteiger partial charge in [-0.3, -0.25) is 0 Å².